The van der Waals surface area contributed by atoms with Crippen LogP contribution in [0.5, 0.6) is 0 Å². The second-order valence-corrected chi connectivity index (χ2v) is 5.51. The van der Waals surface area contributed by atoms with Crippen molar-refractivity contribution >= 4 is 23.4 Å². The fourth-order valence-corrected chi connectivity index (χ4v) is 2.42. The summed E-state index contributed by atoms with van der Waals surface area (Å²) in [5.41, 5.74) is 2.19. The monoisotopic (exact) mass is 303 g/mol. The van der Waals surface area contributed by atoms with E-state index in [-0.39, 0.29) is 6.61 Å². The zero-order valence-electron chi connectivity index (χ0n) is 10.8. The van der Waals surface area contributed by atoms with Gasteiger partial charge in [-0.1, -0.05) is 35.6 Å². The molecule has 4 heteroatoms. The zero-order valence-corrected chi connectivity index (χ0v) is 12.4. The third-order valence-corrected chi connectivity index (χ3v) is 3.75. The van der Waals surface area contributed by atoms with Crippen LogP contribution in [-0.4, -0.2) is 16.7 Å². The molecule has 0 unspecified atom stereocenters. The first kappa shape index (κ1) is 14.9. The maximum atomic E-state index is 8.66. The first-order chi connectivity index (χ1) is 9.78. The average molecular weight is 304 g/mol. The van der Waals surface area contributed by atoms with Gasteiger partial charge in [0, 0.05) is 23.9 Å². The number of benzene rings is 1. The van der Waals surface area contributed by atoms with Gasteiger partial charge in [0.2, 0.25) is 0 Å². The van der Waals surface area contributed by atoms with Crippen molar-refractivity contribution in [3.05, 3.63) is 58.7 Å². The molecular formula is C16H14ClNOS. The number of pyridine rings is 1. The number of rotatable bonds is 4. The molecule has 2 aromatic rings. The molecule has 1 N–H and O–H groups in total. The minimum Gasteiger partial charge on any atom is -0.395 e. The number of thioether (sulfide) groups is 1. The van der Waals surface area contributed by atoms with Crippen LogP contribution in [0.15, 0.2) is 47.6 Å². The van der Waals surface area contributed by atoms with Crippen LogP contribution in [0.25, 0.3) is 0 Å². The second-order valence-electron chi connectivity index (χ2n) is 4.08. The van der Waals surface area contributed by atoms with E-state index in [0.29, 0.717) is 11.4 Å². The highest BCUT2D eigenvalue weighted by Gasteiger charge is 1.98. The standard InChI is InChI=1S/C16H14ClNOS/c17-15-8-9-16(18-11-15)20-12-14-6-4-13(5-7-14)3-1-2-10-19/h4-9,11,19H,2,10,12H2. The zero-order chi connectivity index (χ0) is 14.2. The predicted molar refractivity (Wildman–Crippen MR) is 83.8 cm³/mol. The summed E-state index contributed by atoms with van der Waals surface area (Å²) in [6.45, 7) is 0.107. The smallest absolute Gasteiger partial charge is 0.0964 e. The van der Waals surface area contributed by atoms with Gasteiger partial charge in [0.15, 0.2) is 0 Å². The molecule has 0 saturated carbocycles. The van der Waals surface area contributed by atoms with E-state index in [1.165, 1.54) is 5.56 Å². The molecule has 0 spiro atoms. The molecular weight excluding hydrogens is 290 g/mol. The van der Waals surface area contributed by atoms with E-state index < -0.39 is 0 Å². The van der Waals surface area contributed by atoms with Gasteiger partial charge in [-0.15, -0.1) is 11.8 Å². The molecule has 0 radical (unpaired) electrons. The van der Waals surface area contributed by atoms with Crippen molar-refractivity contribution in [3.63, 3.8) is 0 Å². The van der Waals surface area contributed by atoms with Crippen LogP contribution in [0, 0.1) is 11.8 Å². The van der Waals surface area contributed by atoms with Crippen LogP contribution in [0.1, 0.15) is 17.5 Å². The fraction of sp³-hybridized carbons (Fsp3) is 0.188. The third kappa shape index (κ3) is 4.90. The number of aliphatic hydroxyl groups is 1. The molecule has 0 amide bonds. The molecule has 0 atom stereocenters. The summed E-state index contributed by atoms with van der Waals surface area (Å²) in [6, 6.07) is 11.9. The Kier molecular flexibility index (Phi) is 5.94. The summed E-state index contributed by atoms with van der Waals surface area (Å²) in [4.78, 5) is 4.25. The fourth-order valence-electron chi connectivity index (χ4n) is 1.51. The topological polar surface area (TPSA) is 33.1 Å². The summed E-state index contributed by atoms with van der Waals surface area (Å²) in [6.07, 6.45) is 2.17. The van der Waals surface area contributed by atoms with E-state index >= 15 is 0 Å². The molecule has 0 saturated heterocycles. The highest BCUT2D eigenvalue weighted by Crippen LogP contribution is 2.21. The van der Waals surface area contributed by atoms with E-state index in [1.807, 2.05) is 24.3 Å². The number of hydrogen-bond acceptors (Lipinski definition) is 3. The Hall–Kier alpha value is -1.47. The summed E-state index contributed by atoms with van der Waals surface area (Å²) < 4.78 is 0. The molecule has 0 aliphatic rings. The Morgan fingerprint density at radius 2 is 1.95 bits per heavy atom. The van der Waals surface area contributed by atoms with Crippen molar-refractivity contribution in [1.29, 1.82) is 0 Å². The lowest BCUT2D eigenvalue weighted by Gasteiger charge is -2.01. The summed E-state index contributed by atoms with van der Waals surface area (Å²) in [5.74, 6) is 6.78. The SMILES string of the molecule is OCCC#Cc1ccc(CSc2ccc(Cl)cn2)cc1. The van der Waals surface area contributed by atoms with Crippen molar-refractivity contribution in [2.75, 3.05) is 6.61 Å². The summed E-state index contributed by atoms with van der Waals surface area (Å²) in [7, 11) is 0. The quantitative estimate of drug-likeness (QED) is 0.689. The minimum absolute atomic E-state index is 0.107. The number of aliphatic hydroxyl groups excluding tert-OH is 1. The second kappa shape index (κ2) is 7.96. The summed E-state index contributed by atoms with van der Waals surface area (Å²) in [5, 5.41) is 10.3. The average Bonchev–Trinajstić information content (AvgIpc) is 2.48. The Labute approximate surface area is 128 Å². The Morgan fingerprint density at radius 1 is 1.15 bits per heavy atom. The lowest BCUT2D eigenvalue weighted by atomic mass is 10.1. The van der Waals surface area contributed by atoms with Crippen LogP contribution in [0.4, 0.5) is 0 Å². The van der Waals surface area contributed by atoms with Crippen molar-refractivity contribution in [2.24, 2.45) is 0 Å². The molecule has 1 heterocycles. The van der Waals surface area contributed by atoms with E-state index in [0.717, 1.165) is 16.3 Å². The lowest BCUT2D eigenvalue weighted by molar-refractivity contribution is 0.305. The molecule has 1 aromatic heterocycles. The lowest BCUT2D eigenvalue weighted by Crippen LogP contribution is -1.84. The van der Waals surface area contributed by atoms with Gasteiger partial charge < -0.3 is 5.11 Å². The van der Waals surface area contributed by atoms with Crippen LogP contribution in [0.3, 0.4) is 0 Å². The van der Waals surface area contributed by atoms with E-state index in [1.54, 1.807) is 18.0 Å². The molecule has 0 aliphatic heterocycles. The van der Waals surface area contributed by atoms with Crippen LogP contribution < -0.4 is 0 Å². The number of halogens is 1. The summed E-state index contributed by atoms with van der Waals surface area (Å²) >= 11 is 7.47. The van der Waals surface area contributed by atoms with Crippen molar-refractivity contribution in [3.8, 4) is 11.8 Å². The molecule has 102 valence electrons. The molecule has 2 rings (SSSR count). The van der Waals surface area contributed by atoms with Gasteiger partial charge >= 0.3 is 0 Å². The van der Waals surface area contributed by atoms with Crippen LogP contribution in [-0.2, 0) is 5.75 Å². The maximum Gasteiger partial charge on any atom is 0.0964 e. The highest BCUT2D eigenvalue weighted by atomic mass is 35.5. The van der Waals surface area contributed by atoms with Gasteiger partial charge in [-0.2, -0.15) is 0 Å². The van der Waals surface area contributed by atoms with Crippen molar-refractivity contribution < 1.29 is 5.11 Å². The Balaban J connectivity index is 1.91. The minimum atomic E-state index is 0.107. The normalized spacial score (nSPS) is 9.90. The maximum absolute atomic E-state index is 8.66. The van der Waals surface area contributed by atoms with E-state index in [2.05, 4.69) is 29.0 Å². The van der Waals surface area contributed by atoms with Gasteiger partial charge in [0.25, 0.3) is 0 Å². The first-order valence-electron chi connectivity index (χ1n) is 6.21. The highest BCUT2D eigenvalue weighted by molar-refractivity contribution is 7.98. The van der Waals surface area contributed by atoms with Crippen LogP contribution >= 0.6 is 23.4 Å². The van der Waals surface area contributed by atoms with Crippen molar-refractivity contribution in [1.82, 2.24) is 4.98 Å². The molecule has 2 nitrogen and oxygen atoms in total. The molecule has 20 heavy (non-hydrogen) atoms. The molecule has 1 aromatic carbocycles. The Bertz CT molecular complexity index is 599. The third-order valence-electron chi connectivity index (χ3n) is 2.51. The number of aromatic nitrogens is 1. The van der Waals surface area contributed by atoms with Gasteiger partial charge in [0.05, 0.1) is 16.7 Å². The van der Waals surface area contributed by atoms with Gasteiger partial charge in [0.1, 0.15) is 0 Å². The van der Waals surface area contributed by atoms with Gasteiger partial charge in [-0.05, 0) is 29.8 Å². The Morgan fingerprint density at radius 3 is 2.60 bits per heavy atom. The largest absolute Gasteiger partial charge is 0.395 e. The predicted octanol–water partition coefficient (Wildman–Crippen LogP) is 3.76. The van der Waals surface area contributed by atoms with Gasteiger partial charge in [-0.3, -0.25) is 0 Å². The van der Waals surface area contributed by atoms with E-state index in [9.17, 15) is 0 Å². The first-order valence-corrected chi connectivity index (χ1v) is 7.57. The van der Waals surface area contributed by atoms with E-state index in [4.69, 9.17) is 16.7 Å². The van der Waals surface area contributed by atoms with Gasteiger partial charge in [-0.25, -0.2) is 4.98 Å². The molecule has 0 bridgehead atoms. The van der Waals surface area contributed by atoms with Crippen molar-refractivity contribution in [2.45, 2.75) is 17.2 Å². The molecule has 0 fully saturated rings. The van der Waals surface area contributed by atoms with Crippen LogP contribution in [0.2, 0.25) is 5.02 Å². The molecule has 0 aliphatic carbocycles. The number of hydrogen-bond donors (Lipinski definition) is 1. The number of nitrogens with zero attached hydrogens (tertiary/aromatic N) is 1.